The minimum absolute atomic E-state index is 0.103. The van der Waals surface area contributed by atoms with E-state index in [1.807, 2.05) is 0 Å². The predicted octanol–water partition coefficient (Wildman–Crippen LogP) is -4.24. The van der Waals surface area contributed by atoms with Gasteiger partial charge in [0.05, 0.1) is 13.7 Å². The molecule has 1 saturated heterocycles. The Morgan fingerprint density at radius 1 is 1.09 bits per heavy atom. The molecule has 1 heterocycles. The molecule has 15 nitrogen and oxygen atoms in total. The van der Waals surface area contributed by atoms with E-state index in [1.54, 1.807) is 0 Å². The minimum atomic E-state index is -1.64. The molecule has 1 rings (SSSR count). The summed E-state index contributed by atoms with van der Waals surface area (Å²) in [5.41, 5.74) is 5.07. The second-order valence-electron chi connectivity index (χ2n) is 8.03. The van der Waals surface area contributed by atoms with Gasteiger partial charge in [-0.25, -0.2) is 4.79 Å². The summed E-state index contributed by atoms with van der Waals surface area (Å²) < 4.78 is 15.2. The van der Waals surface area contributed by atoms with Crippen LogP contribution in [0.25, 0.3) is 0 Å². The molecule has 8 unspecified atom stereocenters. The van der Waals surface area contributed by atoms with Crippen LogP contribution >= 0.6 is 0 Å². The van der Waals surface area contributed by atoms with Crippen LogP contribution in [0, 0.1) is 0 Å². The maximum atomic E-state index is 12.6. The van der Waals surface area contributed by atoms with Crippen LogP contribution in [0.3, 0.4) is 0 Å². The molecule has 35 heavy (non-hydrogen) atoms. The number of nitrogens with one attached hydrogen (secondary N) is 3. The highest BCUT2D eigenvalue weighted by Gasteiger charge is 2.47. The van der Waals surface area contributed by atoms with E-state index in [2.05, 4.69) is 20.7 Å². The Hall–Kier alpha value is -2.85. The van der Waals surface area contributed by atoms with E-state index in [9.17, 15) is 39.3 Å². The third kappa shape index (κ3) is 9.03. The molecule has 0 aromatic heterocycles. The molecule has 0 aromatic rings. The zero-order valence-corrected chi connectivity index (χ0v) is 19.9. The van der Waals surface area contributed by atoms with Gasteiger partial charge in [-0.3, -0.25) is 19.2 Å². The maximum Gasteiger partial charge on any atom is 0.328 e. The fraction of sp³-hybridized carbons (Fsp3) is 0.750. The summed E-state index contributed by atoms with van der Waals surface area (Å²) >= 11 is 0. The largest absolute Gasteiger partial charge is 0.467 e. The molecule has 1 aliphatic heterocycles. The Labute approximate surface area is 201 Å². The van der Waals surface area contributed by atoms with Gasteiger partial charge in [0.15, 0.2) is 6.29 Å². The molecule has 1 aliphatic rings. The minimum Gasteiger partial charge on any atom is -0.467 e. The van der Waals surface area contributed by atoms with Crippen molar-refractivity contribution in [3.05, 3.63) is 0 Å². The molecule has 0 spiro atoms. The van der Waals surface area contributed by atoms with Crippen molar-refractivity contribution in [3.63, 3.8) is 0 Å². The Balaban J connectivity index is 2.82. The van der Waals surface area contributed by atoms with Gasteiger partial charge >= 0.3 is 5.97 Å². The number of ether oxygens (including phenoxy) is 3. The molecule has 0 bridgehead atoms. The van der Waals surface area contributed by atoms with Crippen molar-refractivity contribution in [1.29, 1.82) is 0 Å². The first-order valence-corrected chi connectivity index (χ1v) is 10.8. The standard InChI is InChI=1S/C20H34N4O11/c1-8(17(29)24-11(19(31)33-4)5-6-13(21)27)22-18(30)9(2)34-16-14(23-10(3)26)20(32)35-12(7-25)15(16)28/h8-9,11-12,14-16,20,25,28,32H,5-7H2,1-4H3,(H2,21,27)(H,22,30)(H,23,26)(H,24,29). The number of hydrogen-bond donors (Lipinski definition) is 7. The number of carbonyl (C=O) groups excluding carboxylic acids is 5. The number of methoxy groups -OCH3 is 1. The van der Waals surface area contributed by atoms with Gasteiger partial charge in [0.1, 0.15) is 42.5 Å². The zero-order valence-electron chi connectivity index (χ0n) is 19.9. The normalized spacial score (nSPS) is 26.5. The van der Waals surface area contributed by atoms with Gasteiger partial charge in [-0.05, 0) is 20.3 Å². The number of amides is 4. The summed E-state index contributed by atoms with van der Waals surface area (Å²) in [5.74, 6) is -3.61. The molecule has 8 N–H and O–H groups in total. The Bertz CT molecular complexity index is 780. The highest BCUT2D eigenvalue weighted by atomic mass is 16.6. The van der Waals surface area contributed by atoms with Crippen LogP contribution in [0.4, 0.5) is 0 Å². The second kappa shape index (κ2) is 13.9. The van der Waals surface area contributed by atoms with Gasteiger partial charge < -0.3 is 51.2 Å². The smallest absolute Gasteiger partial charge is 0.328 e. The lowest BCUT2D eigenvalue weighted by Gasteiger charge is -2.43. The second-order valence-corrected chi connectivity index (χ2v) is 8.03. The first-order chi connectivity index (χ1) is 16.3. The number of rotatable bonds is 12. The molecule has 200 valence electrons. The molecular formula is C20H34N4O11. The van der Waals surface area contributed by atoms with E-state index in [4.69, 9.17) is 15.2 Å². The highest BCUT2D eigenvalue weighted by molar-refractivity contribution is 5.91. The molecule has 1 fully saturated rings. The van der Waals surface area contributed by atoms with Crippen molar-refractivity contribution in [2.45, 2.75) is 82.4 Å². The van der Waals surface area contributed by atoms with E-state index in [1.165, 1.54) is 13.8 Å². The Morgan fingerprint density at radius 3 is 2.23 bits per heavy atom. The highest BCUT2D eigenvalue weighted by Crippen LogP contribution is 2.23. The Kier molecular flexibility index (Phi) is 12.0. The van der Waals surface area contributed by atoms with Crippen LogP contribution in [0.1, 0.15) is 33.6 Å². The third-order valence-electron chi connectivity index (χ3n) is 5.21. The number of aliphatic hydroxyl groups is 3. The zero-order chi connectivity index (χ0) is 26.9. The summed E-state index contributed by atoms with van der Waals surface area (Å²) in [6, 6.07) is -3.58. The number of carbonyl (C=O) groups is 5. The summed E-state index contributed by atoms with van der Waals surface area (Å²) in [6.45, 7) is 3.13. The summed E-state index contributed by atoms with van der Waals surface area (Å²) in [4.78, 5) is 59.4. The SMILES string of the molecule is COC(=O)C(CCC(N)=O)NC(=O)C(C)NC(=O)C(C)OC1C(O)C(CO)OC(O)C1NC(C)=O. The molecule has 0 radical (unpaired) electrons. The van der Waals surface area contributed by atoms with E-state index >= 15 is 0 Å². The van der Waals surface area contributed by atoms with Crippen LogP contribution < -0.4 is 21.7 Å². The van der Waals surface area contributed by atoms with Gasteiger partial charge in [-0.1, -0.05) is 0 Å². The maximum absolute atomic E-state index is 12.6. The van der Waals surface area contributed by atoms with Gasteiger partial charge in [-0.2, -0.15) is 0 Å². The molecule has 8 atom stereocenters. The van der Waals surface area contributed by atoms with E-state index in [0.717, 1.165) is 14.0 Å². The average molecular weight is 507 g/mol. The molecular weight excluding hydrogens is 472 g/mol. The number of primary amides is 1. The van der Waals surface area contributed by atoms with Crippen molar-refractivity contribution in [2.75, 3.05) is 13.7 Å². The van der Waals surface area contributed by atoms with Gasteiger partial charge in [0.25, 0.3) is 0 Å². The molecule has 0 aliphatic carbocycles. The van der Waals surface area contributed by atoms with Crippen LogP contribution in [-0.2, 0) is 38.2 Å². The summed E-state index contributed by atoms with van der Waals surface area (Å²) in [5, 5.41) is 37.1. The molecule has 15 heteroatoms. The van der Waals surface area contributed by atoms with Gasteiger partial charge in [0.2, 0.25) is 23.6 Å². The van der Waals surface area contributed by atoms with E-state index < -0.39 is 85.0 Å². The number of aliphatic hydroxyl groups excluding tert-OH is 3. The lowest BCUT2D eigenvalue weighted by atomic mass is 9.96. The van der Waals surface area contributed by atoms with Crippen molar-refractivity contribution in [1.82, 2.24) is 16.0 Å². The van der Waals surface area contributed by atoms with E-state index in [-0.39, 0.29) is 12.8 Å². The molecule has 0 aromatic carbocycles. The third-order valence-corrected chi connectivity index (χ3v) is 5.21. The van der Waals surface area contributed by atoms with E-state index in [0.29, 0.717) is 0 Å². The monoisotopic (exact) mass is 506 g/mol. The molecule has 0 saturated carbocycles. The fourth-order valence-corrected chi connectivity index (χ4v) is 3.30. The number of nitrogens with two attached hydrogens (primary N) is 1. The quantitative estimate of drug-likeness (QED) is 0.125. The van der Waals surface area contributed by atoms with Crippen LogP contribution in [-0.4, -0.2) is 107 Å². The lowest BCUT2D eigenvalue weighted by Crippen LogP contribution is -2.65. The van der Waals surface area contributed by atoms with Crippen molar-refractivity contribution in [2.24, 2.45) is 5.73 Å². The van der Waals surface area contributed by atoms with Crippen LogP contribution in [0.15, 0.2) is 0 Å². The van der Waals surface area contributed by atoms with Crippen molar-refractivity contribution in [3.8, 4) is 0 Å². The first kappa shape index (κ1) is 30.2. The number of hydrogen-bond acceptors (Lipinski definition) is 11. The van der Waals surface area contributed by atoms with Gasteiger partial charge in [0, 0.05) is 13.3 Å². The van der Waals surface area contributed by atoms with Crippen molar-refractivity contribution < 1.29 is 53.5 Å². The fourth-order valence-electron chi connectivity index (χ4n) is 3.30. The topological polar surface area (TPSA) is 236 Å². The summed E-state index contributed by atoms with van der Waals surface area (Å²) in [6.07, 6.45) is -7.32. The first-order valence-electron chi connectivity index (χ1n) is 10.8. The van der Waals surface area contributed by atoms with Crippen LogP contribution in [0.5, 0.6) is 0 Å². The summed E-state index contributed by atoms with van der Waals surface area (Å²) in [7, 11) is 1.10. The van der Waals surface area contributed by atoms with Gasteiger partial charge in [-0.15, -0.1) is 0 Å². The van der Waals surface area contributed by atoms with Crippen LogP contribution in [0.2, 0.25) is 0 Å². The number of esters is 1. The predicted molar refractivity (Wildman–Crippen MR) is 116 cm³/mol. The van der Waals surface area contributed by atoms with Crippen molar-refractivity contribution >= 4 is 29.6 Å². The Morgan fingerprint density at radius 2 is 1.71 bits per heavy atom. The average Bonchev–Trinajstić information content (AvgIpc) is 2.79. The lowest BCUT2D eigenvalue weighted by molar-refractivity contribution is -0.266. The molecule has 4 amide bonds.